The van der Waals surface area contributed by atoms with E-state index in [2.05, 4.69) is 9.84 Å². The Hall–Kier alpha value is 2.16. The molecule has 1 aromatic carbocycles. The van der Waals surface area contributed by atoms with Crippen molar-refractivity contribution < 1.29 is 132 Å². The monoisotopic (exact) mass is 536 g/mol. The number of hydrogen-bond acceptors (Lipinski definition) is 11. The third kappa shape index (κ3) is 12.0. The van der Waals surface area contributed by atoms with Crippen LogP contribution in [0.5, 0.6) is 5.75 Å². The van der Waals surface area contributed by atoms with Gasteiger partial charge in [0.2, 0.25) is 0 Å². The predicted molar refractivity (Wildman–Crippen MR) is 104 cm³/mol. The standard InChI is InChI=1S/C17H32N2O9P2.3Na/c1-16(2,3)19-10-15(21)12-5-6-14(20)13(9-12)11-28-30(26,27)17(22,7-4-8-18)29(23,24)25;;;/h5-6,9,15,19-22H,4,7-8,10-11,18H2,1-3H3,(H,26,27)(H2,23,24,25);;;/q;3*+1/p-3. The molecule has 11 nitrogen and oxygen atoms in total. The fourth-order valence-electron chi connectivity index (χ4n) is 2.47. The number of aromatic hydroxyl groups is 1. The summed E-state index contributed by atoms with van der Waals surface area (Å²) in [6, 6.07) is 3.90. The molecule has 16 heteroatoms. The molecule has 0 aliphatic carbocycles. The van der Waals surface area contributed by atoms with Gasteiger partial charge in [0.1, 0.15) is 5.75 Å². The van der Waals surface area contributed by atoms with Gasteiger partial charge >= 0.3 is 88.7 Å². The van der Waals surface area contributed by atoms with Gasteiger partial charge in [-0.2, -0.15) is 0 Å². The van der Waals surface area contributed by atoms with Crippen LogP contribution in [0.4, 0.5) is 0 Å². The van der Waals surface area contributed by atoms with Crippen LogP contribution in [0.1, 0.15) is 50.8 Å². The van der Waals surface area contributed by atoms with Gasteiger partial charge in [-0.1, -0.05) is 6.07 Å². The maximum atomic E-state index is 12.3. The molecule has 0 aromatic heterocycles. The Morgan fingerprint density at radius 1 is 1.15 bits per heavy atom. The molecule has 0 fully saturated rings. The van der Waals surface area contributed by atoms with Crippen molar-refractivity contribution in [2.24, 2.45) is 5.73 Å². The molecule has 0 aliphatic heterocycles. The average Bonchev–Trinajstić information content (AvgIpc) is 2.61. The summed E-state index contributed by atoms with van der Waals surface area (Å²) in [5.41, 5.74) is 5.18. The summed E-state index contributed by atoms with van der Waals surface area (Å²) in [6.07, 6.45) is -2.20. The molecule has 1 rings (SSSR count). The van der Waals surface area contributed by atoms with Gasteiger partial charge in [0.15, 0.2) is 12.7 Å². The molecule has 0 amide bonds. The summed E-state index contributed by atoms with van der Waals surface area (Å²) < 4.78 is 28.4. The zero-order valence-electron chi connectivity index (χ0n) is 20.1. The van der Waals surface area contributed by atoms with Crippen LogP contribution in [0, 0.1) is 0 Å². The van der Waals surface area contributed by atoms with Gasteiger partial charge in [-0.25, -0.2) is 0 Å². The second-order valence-corrected chi connectivity index (χ2v) is 12.1. The van der Waals surface area contributed by atoms with Gasteiger partial charge in [-0.3, -0.25) is 0 Å². The fraction of sp³-hybridized carbons (Fsp3) is 0.647. The smallest absolute Gasteiger partial charge is 0.808 e. The Bertz CT molecular complexity index is 823. The normalized spacial score (nSPS) is 16.3. The van der Waals surface area contributed by atoms with Crippen molar-refractivity contribution in [3.63, 3.8) is 0 Å². The summed E-state index contributed by atoms with van der Waals surface area (Å²) in [5.74, 6) is -0.382. The van der Waals surface area contributed by atoms with Crippen molar-refractivity contribution in [3.8, 4) is 5.75 Å². The Morgan fingerprint density at radius 2 is 1.70 bits per heavy atom. The number of phenols is 1. The largest absolute Gasteiger partial charge is 1.00 e. The minimum atomic E-state index is -6.03. The SMILES string of the molecule is CC(C)(C)NCC(O)c1ccc(O)c(COP(=O)([O-])C(O)(CCCN)P(=O)([O-])[O-])c1.[Na+].[Na+].[Na+]. The molecule has 33 heavy (non-hydrogen) atoms. The molecular formula is C17H29N2Na3O9P2. The molecule has 3 atom stereocenters. The number of rotatable bonds is 11. The summed E-state index contributed by atoms with van der Waals surface area (Å²) in [5, 5.41) is 29.7. The molecule has 3 unspecified atom stereocenters. The van der Waals surface area contributed by atoms with Crippen LogP contribution in [-0.4, -0.2) is 39.0 Å². The van der Waals surface area contributed by atoms with Crippen molar-refractivity contribution in [1.82, 2.24) is 5.32 Å². The Kier molecular flexibility index (Phi) is 19.5. The van der Waals surface area contributed by atoms with Crippen molar-refractivity contribution in [1.29, 1.82) is 0 Å². The van der Waals surface area contributed by atoms with Crippen LogP contribution in [0.2, 0.25) is 0 Å². The summed E-state index contributed by atoms with van der Waals surface area (Å²) in [6.45, 7) is 4.86. The minimum absolute atomic E-state index is 0. The van der Waals surface area contributed by atoms with Crippen LogP contribution in [0.25, 0.3) is 0 Å². The zero-order valence-corrected chi connectivity index (χ0v) is 27.9. The number of nitrogens with one attached hydrogen (secondary N) is 1. The molecule has 174 valence electrons. The average molecular weight is 536 g/mol. The first-order chi connectivity index (χ1) is 13.5. The van der Waals surface area contributed by atoms with E-state index in [1.54, 1.807) is 0 Å². The van der Waals surface area contributed by atoms with Crippen LogP contribution >= 0.6 is 15.2 Å². The number of aliphatic hydroxyl groups is 2. The van der Waals surface area contributed by atoms with E-state index in [0.717, 1.165) is 0 Å². The van der Waals surface area contributed by atoms with Crippen LogP contribution in [0.15, 0.2) is 18.2 Å². The first kappa shape index (κ1) is 39.7. The van der Waals surface area contributed by atoms with Crippen LogP contribution in [-0.2, 0) is 20.3 Å². The third-order valence-electron chi connectivity index (χ3n) is 4.30. The van der Waals surface area contributed by atoms with E-state index >= 15 is 0 Å². The molecule has 0 radical (unpaired) electrons. The third-order valence-corrected chi connectivity index (χ3v) is 8.44. The molecule has 1 aromatic rings. The molecule has 0 saturated heterocycles. The van der Waals surface area contributed by atoms with Crippen molar-refractivity contribution in [2.75, 3.05) is 13.1 Å². The topological polar surface area (TPSA) is 211 Å². The number of aliphatic hydroxyl groups excluding tert-OH is 1. The number of hydrogen-bond donors (Lipinski definition) is 5. The van der Waals surface area contributed by atoms with Gasteiger partial charge in [0, 0.05) is 17.6 Å². The fourth-order valence-corrected chi connectivity index (χ4v) is 5.22. The van der Waals surface area contributed by atoms with Crippen molar-refractivity contribution in [3.05, 3.63) is 29.3 Å². The maximum Gasteiger partial charge on any atom is 1.00 e. The Labute approximate surface area is 260 Å². The molecule has 6 N–H and O–H groups in total. The summed E-state index contributed by atoms with van der Waals surface area (Å²) in [7, 11) is -11.7. The van der Waals surface area contributed by atoms with E-state index in [-0.39, 0.29) is 125 Å². The maximum absolute atomic E-state index is 12.3. The molecule has 0 bridgehead atoms. The van der Waals surface area contributed by atoms with E-state index in [9.17, 15) is 39.1 Å². The van der Waals surface area contributed by atoms with Gasteiger partial charge in [0.25, 0.3) is 0 Å². The van der Waals surface area contributed by atoms with Crippen LogP contribution < -0.4 is 114 Å². The zero-order chi connectivity index (χ0) is 23.4. The Balaban J connectivity index is -0.00000300. The first-order valence-electron chi connectivity index (χ1n) is 9.19. The second kappa shape index (κ2) is 16.2. The molecule has 0 heterocycles. The van der Waals surface area contributed by atoms with E-state index in [4.69, 9.17) is 5.73 Å². The van der Waals surface area contributed by atoms with Gasteiger partial charge < -0.3 is 54.7 Å². The number of nitrogens with two attached hydrogens (primary N) is 1. The van der Waals surface area contributed by atoms with Gasteiger partial charge in [-0.15, -0.1) is 0 Å². The molecule has 0 aliphatic rings. The quantitative estimate of drug-likeness (QED) is 0.132. The minimum Gasteiger partial charge on any atom is -0.808 e. The molecule has 0 spiro atoms. The van der Waals surface area contributed by atoms with Crippen molar-refractivity contribution in [2.45, 2.75) is 56.9 Å². The first-order valence-corrected chi connectivity index (χ1v) is 12.3. The van der Waals surface area contributed by atoms with E-state index in [0.29, 0.717) is 5.56 Å². The predicted octanol–water partition coefficient (Wildman–Crippen LogP) is -9.81. The molecule has 0 saturated carbocycles. The second-order valence-electron chi connectivity index (χ2n) is 7.97. The van der Waals surface area contributed by atoms with Crippen molar-refractivity contribution >= 4 is 15.2 Å². The number of benzene rings is 1. The summed E-state index contributed by atoms with van der Waals surface area (Å²) >= 11 is 0. The van der Waals surface area contributed by atoms with Crippen LogP contribution in [0.3, 0.4) is 0 Å². The summed E-state index contributed by atoms with van der Waals surface area (Å²) in [4.78, 5) is 35.2. The Morgan fingerprint density at radius 3 is 2.15 bits per heavy atom. The van der Waals surface area contributed by atoms with E-state index < -0.39 is 39.4 Å². The van der Waals surface area contributed by atoms with E-state index in [1.807, 2.05) is 20.8 Å². The van der Waals surface area contributed by atoms with E-state index in [1.165, 1.54) is 18.2 Å². The van der Waals surface area contributed by atoms with Gasteiger partial charge in [0.05, 0.1) is 12.7 Å². The number of phenolic OH excluding ortho intramolecular Hbond substituents is 1. The van der Waals surface area contributed by atoms with Gasteiger partial charge in [-0.05, 0) is 65.4 Å². The number of β-amino-alcohol motifs (C(OH)–C–C–N with tert-alkyl or cyclic N) is 1. The molecular weight excluding hydrogens is 507 g/mol.